The summed E-state index contributed by atoms with van der Waals surface area (Å²) < 4.78 is 3.05. The van der Waals surface area contributed by atoms with Crippen molar-refractivity contribution in [3.63, 3.8) is 0 Å². The van der Waals surface area contributed by atoms with Crippen LogP contribution in [0.5, 0.6) is 0 Å². The van der Waals surface area contributed by atoms with E-state index in [9.17, 15) is 9.59 Å². The van der Waals surface area contributed by atoms with E-state index in [1.165, 1.54) is 4.68 Å². The van der Waals surface area contributed by atoms with E-state index in [1.807, 2.05) is 0 Å². The second-order valence-electron chi connectivity index (χ2n) is 6.43. The zero-order valence-electron chi connectivity index (χ0n) is 14.7. The fourth-order valence-corrected chi connectivity index (χ4v) is 3.11. The van der Waals surface area contributed by atoms with Gasteiger partial charge < -0.3 is 10.2 Å². The molecule has 1 aliphatic rings. The number of hydrogen-bond donors (Lipinski definition) is 1. The molecule has 25 heavy (non-hydrogen) atoms. The van der Waals surface area contributed by atoms with Gasteiger partial charge in [-0.25, -0.2) is 4.68 Å². The van der Waals surface area contributed by atoms with Crippen molar-refractivity contribution in [3.8, 4) is 0 Å². The van der Waals surface area contributed by atoms with E-state index in [0.29, 0.717) is 18.2 Å². The van der Waals surface area contributed by atoms with Crippen LogP contribution >= 0.6 is 0 Å². The summed E-state index contributed by atoms with van der Waals surface area (Å²) in [5.41, 5.74) is 1.34. The molecule has 134 valence electrons. The minimum Gasteiger partial charge on any atom is -0.370 e. The number of rotatable bonds is 6. The molecule has 1 N–H and O–H groups in total. The van der Waals surface area contributed by atoms with Crippen molar-refractivity contribution >= 4 is 11.6 Å². The molecule has 1 fully saturated rings. The molecule has 2 aromatic heterocycles. The molecule has 1 saturated heterocycles. The van der Waals surface area contributed by atoms with Gasteiger partial charge in [0.1, 0.15) is 5.69 Å². The first-order valence-corrected chi connectivity index (χ1v) is 8.66. The average molecular weight is 344 g/mol. The van der Waals surface area contributed by atoms with E-state index in [-0.39, 0.29) is 11.5 Å². The molecule has 0 saturated carbocycles. The second kappa shape index (κ2) is 7.50. The molecule has 8 heteroatoms. The number of aryl methyl sites for hydroxylation is 2. The Bertz CT molecular complexity index is 796. The zero-order valence-corrected chi connectivity index (χ0v) is 14.7. The summed E-state index contributed by atoms with van der Waals surface area (Å²) in [6, 6.07) is 3.36. The van der Waals surface area contributed by atoms with Crippen LogP contribution in [0, 0.1) is 5.92 Å². The summed E-state index contributed by atoms with van der Waals surface area (Å²) in [6.07, 6.45) is 5.28. The van der Waals surface area contributed by atoms with E-state index in [1.54, 1.807) is 36.3 Å². The molecule has 0 radical (unpaired) electrons. The van der Waals surface area contributed by atoms with Gasteiger partial charge in [-0.15, -0.1) is 0 Å². The van der Waals surface area contributed by atoms with Crippen LogP contribution in [-0.2, 0) is 13.6 Å². The average Bonchev–Trinajstić information content (AvgIpc) is 3.25. The molecule has 0 unspecified atom stereocenters. The van der Waals surface area contributed by atoms with E-state index >= 15 is 0 Å². The van der Waals surface area contributed by atoms with Gasteiger partial charge in [-0.2, -0.15) is 10.2 Å². The highest BCUT2D eigenvalue weighted by atomic mass is 16.2. The van der Waals surface area contributed by atoms with Crippen LogP contribution in [0.15, 0.2) is 29.3 Å². The second-order valence-corrected chi connectivity index (χ2v) is 6.43. The lowest BCUT2D eigenvalue weighted by Crippen LogP contribution is -2.32. The van der Waals surface area contributed by atoms with Crippen LogP contribution in [0.1, 0.15) is 30.3 Å². The molecule has 2 aromatic rings. The van der Waals surface area contributed by atoms with Crippen molar-refractivity contribution in [2.75, 3.05) is 24.5 Å². The molecule has 3 heterocycles. The van der Waals surface area contributed by atoms with Crippen molar-refractivity contribution in [2.24, 2.45) is 13.0 Å². The predicted octanol–water partition coefficient (Wildman–Crippen LogP) is 0.643. The Hall–Kier alpha value is -2.64. The highest BCUT2D eigenvalue weighted by Crippen LogP contribution is 2.21. The SMILES string of the molecule is CCCn1nccc1C(=O)NC[C@@H]1CCN(c2cnn(C)c(=O)c2)C1. The smallest absolute Gasteiger partial charge is 0.269 e. The van der Waals surface area contributed by atoms with Crippen LogP contribution in [0.3, 0.4) is 0 Å². The highest BCUT2D eigenvalue weighted by molar-refractivity contribution is 5.92. The van der Waals surface area contributed by atoms with Gasteiger partial charge in [0.25, 0.3) is 11.5 Å². The number of aromatic nitrogens is 4. The van der Waals surface area contributed by atoms with Gasteiger partial charge in [0.2, 0.25) is 0 Å². The quantitative estimate of drug-likeness (QED) is 0.831. The number of carbonyl (C=O) groups is 1. The van der Waals surface area contributed by atoms with Crippen LogP contribution in [0.25, 0.3) is 0 Å². The lowest BCUT2D eigenvalue weighted by atomic mass is 10.1. The lowest BCUT2D eigenvalue weighted by molar-refractivity contribution is 0.0937. The summed E-state index contributed by atoms with van der Waals surface area (Å²) >= 11 is 0. The van der Waals surface area contributed by atoms with E-state index in [2.05, 4.69) is 27.3 Å². The van der Waals surface area contributed by atoms with E-state index in [4.69, 9.17) is 0 Å². The summed E-state index contributed by atoms with van der Waals surface area (Å²) in [5, 5.41) is 11.3. The van der Waals surface area contributed by atoms with Gasteiger partial charge in [-0.1, -0.05) is 6.92 Å². The van der Waals surface area contributed by atoms with E-state index < -0.39 is 0 Å². The molecule has 0 spiro atoms. The standard InChI is InChI=1S/C17H24N6O2/c1-3-7-23-15(4-6-19-23)17(25)18-10-13-5-8-22(12-13)14-9-16(24)21(2)20-11-14/h4,6,9,11,13H,3,5,7-8,10,12H2,1-2H3,(H,18,25)/t13-/m0/s1. The molecule has 1 atom stereocenters. The molecule has 1 aliphatic heterocycles. The summed E-state index contributed by atoms with van der Waals surface area (Å²) in [6.45, 7) is 5.09. The zero-order chi connectivity index (χ0) is 17.8. The fourth-order valence-electron chi connectivity index (χ4n) is 3.11. The normalized spacial score (nSPS) is 17.0. The highest BCUT2D eigenvalue weighted by Gasteiger charge is 2.24. The van der Waals surface area contributed by atoms with Crippen molar-refractivity contribution in [2.45, 2.75) is 26.3 Å². The number of nitrogens with zero attached hydrogens (tertiary/aromatic N) is 5. The lowest BCUT2D eigenvalue weighted by Gasteiger charge is -2.18. The monoisotopic (exact) mass is 344 g/mol. The van der Waals surface area contributed by atoms with E-state index in [0.717, 1.165) is 38.2 Å². The number of anilines is 1. The van der Waals surface area contributed by atoms with Crippen molar-refractivity contribution in [1.29, 1.82) is 0 Å². The van der Waals surface area contributed by atoms with Crippen LogP contribution < -0.4 is 15.8 Å². The first-order chi connectivity index (χ1) is 12.1. The molecule has 0 aromatic carbocycles. The first-order valence-electron chi connectivity index (χ1n) is 8.66. The Morgan fingerprint density at radius 2 is 2.24 bits per heavy atom. The van der Waals surface area contributed by atoms with Gasteiger partial charge >= 0.3 is 0 Å². The van der Waals surface area contributed by atoms with Crippen molar-refractivity contribution in [3.05, 3.63) is 40.6 Å². The molecular formula is C17H24N6O2. The third kappa shape index (κ3) is 3.89. The maximum absolute atomic E-state index is 12.4. The minimum atomic E-state index is -0.113. The Morgan fingerprint density at radius 1 is 1.40 bits per heavy atom. The Kier molecular flexibility index (Phi) is 5.16. The molecule has 3 rings (SSSR count). The van der Waals surface area contributed by atoms with Crippen LogP contribution in [0.2, 0.25) is 0 Å². The molecule has 0 bridgehead atoms. The number of carbonyl (C=O) groups excluding carboxylic acids is 1. The minimum absolute atomic E-state index is 0.0837. The van der Waals surface area contributed by atoms with Gasteiger partial charge in [0.15, 0.2) is 0 Å². The number of nitrogens with one attached hydrogen (secondary N) is 1. The van der Waals surface area contributed by atoms with Gasteiger partial charge in [-0.05, 0) is 24.8 Å². The summed E-state index contributed by atoms with van der Waals surface area (Å²) in [5.74, 6) is 0.273. The number of hydrogen-bond acceptors (Lipinski definition) is 5. The third-order valence-corrected chi connectivity index (χ3v) is 4.54. The molecule has 8 nitrogen and oxygen atoms in total. The fraction of sp³-hybridized carbons (Fsp3) is 0.529. The van der Waals surface area contributed by atoms with Gasteiger partial charge in [0, 0.05) is 45.5 Å². The van der Waals surface area contributed by atoms with Gasteiger partial charge in [-0.3, -0.25) is 14.3 Å². The van der Waals surface area contributed by atoms with Crippen molar-refractivity contribution < 1.29 is 4.79 Å². The third-order valence-electron chi connectivity index (χ3n) is 4.54. The Balaban J connectivity index is 1.54. The Labute approximate surface area is 146 Å². The topological polar surface area (TPSA) is 85.1 Å². The maximum atomic E-state index is 12.4. The predicted molar refractivity (Wildman–Crippen MR) is 94.6 cm³/mol. The first kappa shape index (κ1) is 17.2. The molecule has 0 aliphatic carbocycles. The Morgan fingerprint density at radius 3 is 3.00 bits per heavy atom. The summed E-state index contributed by atoms with van der Waals surface area (Å²) in [7, 11) is 1.64. The maximum Gasteiger partial charge on any atom is 0.269 e. The van der Waals surface area contributed by atoms with Crippen molar-refractivity contribution in [1.82, 2.24) is 24.9 Å². The largest absolute Gasteiger partial charge is 0.370 e. The number of amides is 1. The van der Waals surface area contributed by atoms with Crippen LogP contribution in [-0.4, -0.2) is 45.1 Å². The van der Waals surface area contributed by atoms with Crippen LogP contribution in [0.4, 0.5) is 5.69 Å². The molecule has 1 amide bonds. The summed E-state index contributed by atoms with van der Waals surface area (Å²) in [4.78, 5) is 26.2. The van der Waals surface area contributed by atoms with Gasteiger partial charge in [0.05, 0.1) is 11.9 Å². The molecular weight excluding hydrogens is 320 g/mol.